The molecule has 1 aromatic carbocycles. The highest BCUT2D eigenvalue weighted by Gasteiger charge is 2.27. The molecule has 1 atom stereocenters. The van der Waals surface area contributed by atoms with Crippen LogP contribution < -0.4 is 21.7 Å². The zero-order chi connectivity index (χ0) is 20.4. The second-order valence-corrected chi connectivity index (χ2v) is 8.79. The first-order valence-corrected chi connectivity index (χ1v) is 10.8. The van der Waals surface area contributed by atoms with Crippen molar-refractivity contribution in [2.45, 2.75) is 25.8 Å². The van der Waals surface area contributed by atoms with E-state index in [0.29, 0.717) is 17.1 Å². The number of carbonyl (C=O) groups is 1. The van der Waals surface area contributed by atoms with Gasteiger partial charge in [0.1, 0.15) is 9.71 Å². The number of nitrogens with two attached hydrogens (primary N) is 1. The van der Waals surface area contributed by atoms with Gasteiger partial charge >= 0.3 is 0 Å². The monoisotopic (exact) mass is 409 g/mol. The maximum atomic E-state index is 12.6. The van der Waals surface area contributed by atoms with E-state index >= 15 is 0 Å². The molecule has 1 amide bonds. The van der Waals surface area contributed by atoms with E-state index in [4.69, 9.17) is 5.73 Å². The minimum absolute atomic E-state index is 0.0317. The summed E-state index contributed by atoms with van der Waals surface area (Å²) >= 11 is 1.35. The molecule has 5 N–H and O–H groups in total. The predicted molar refractivity (Wildman–Crippen MR) is 119 cm³/mol. The lowest BCUT2D eigenvalue weighted by Gasteiger charge is -2.36. The lowest BCUT2D eigenvalue weighted by Crippen LogP contribution is -2.54. The predicted octanol–water partition coefficient (Wildman–Crippen LogP) is 2.57. The van der Waals surface area contributed by atoms with Gasteiger partial charge in [-0.1, -0.05) is 24.3 Å². The van der Waals surface area contributed by atoms with Crippen LogP contribution in [0.5, 0.6) is 0 Å². The number of aromatic nitrogens is 1. The van der Waals surface area contributed by atoms with Crippen LogP contribution in [-0.4, -0.2) is 37.1 Å². The minimum atomic E-state index is -0.134. The molecule has 0 saturated carbocycles. The van der Waals surface area contributed by atoms with E-state index in [1.165, 1.54) is 22.5 Å². The molecule has 3 heterocycles. The molecule has 1 saturated heterocycles. The number of amides is 1. The van der Waals surface area contributed by atoms with E-state index in [9.17, 15) is 4.79 Å². The summed E-state index contributed by atoms with van der Waals surface area (Å²) in [5.74, 6) is -0.134. The van der Waals surface area contributed by atoms with Gasteiger partial charge in [-0.05, 0) is 43.5 Å². The molecule has 29 heavy (non-hydrogen) atoms. The summed E-state index contributed by atoms with van der Waals surface area (Å²) < 4.78 is 0. The van der Waals surface area contributed by atoms with Crippen LogP contribution in [0.15, 0.2) is 36.4 Å². The van der Waals surface area contributed by atoms with Crippen molar-refractivity contribution in [3.8, 4) is 0 Å². The molecule has 1 aliphatic heterocycles. The Morgan fingerprint density at radius 3 is 2.76 bits per heavy atom. The van der Waals surface area contributed by atoms with Crippen LogP contribution in [0, 0.1) is 6.92 Å². The molecule has 6 nitrogen and oxygen atoms in total. The third kappa shape index (κ3) is 4.12. The summed E-state index contributed by atoms with van der Waals surface area (Å²) in [6.45, 7) is 7.62. The number of aryl methyl sites for hydroxylation is 1. The number of rotatable bonds is 5. The van der Waals surface area contributed by atoms with Gasteiger partial charge in [0.15, 0.2) is 0 Å². The Kier molecular flexibility index (Phi) is 5.54. The average Bonchev–Trinajstić information content (AvgIpc) is 3.04. The number of fused-ring (bicyclic) bond motifs is 1. The molecule has 1 unspecified atom stereocenters. The minimum Gasteiger partial charge on any atom is -0.397 e. The van der Waals surface area contributed by atoms with E-state index in [0.717, 1.165) is 42.0 Å². The maximum Gasteiger partial charge on any atom is 0.263 e. The van der Waals surface area contributed by atoms with Crippen molar-refractivity contribution in [2.75, 3.05) is 31.9 Å². The fourth-order valence-electron chi connectivity index (χ4n) is 3.73. The van der Waals surface area contributed by atoms with Crippen molar-refractivity contribution in [2.24, 2.45) is 0 Å². The lowest BCUT2D eigenvalue weighted by atomic mass is 9.89. The number of hydrogen-bond donors (Lipinski definition) is 4. The first-order chi connectivity index (χ1) is 14.0. The number of nitrogens with one attached hydrogen (secondary N) is 3. The van der Waals surface area contributed by atoms with Gasteiger partial charge in [-0.2, -0.15) is 0 Å². The first-order valence-electron chi connectivity index (χ1n) is 9.95. The van der Waals surface area contributed by atoms with Crippen molar-refractivity contribution in [1.82, 2.24) is 20.9 Å². The van der Waals surface area contributed by atoms with Crippen molar-refractivity contribution in [1.29, 1.82) is 0 Å². The molecule has 0 spiro atoms. The van der Waals surface area contributed by atoms with E-state index in [1.807, 2.05) is 19.1 Å². The molecule has 4 rings (SSSR count). The Balaban J connectivity index is 1.36. The maximum absolute atomic E-state index is 12.6. The summed E-state index contributed by atoms with van der Waals surface area (Å²) in [7, 11) is 0. The number of thiophene rings is 1. The van der Waals surface area contributed by atoms with Crippen LogP contribution in [0.25, 0.3) is 10.2 Å². The largest absolute Gasteiger partial charge is 0.397 e. The van der Waals surface area contributed by atoms with Gasteiger partial charge in [0, 0.05) is 37.3 Å². The molecular formula is C22H27N5OS. The van der Waals surface area contributed by atoms with Crippen molar-refractivity contribution in [3.05, 3.63) is 58.1 Å². The normalized spacial score (nSPS) is 19.4. The fourth-order valence-corrected chi connectivity index (χ4v) is 4.79. The molecule has 1 aliphatic rings. The molecular weight excluding hydrogens is 382 g/mol. The van der Waals surface area contributed by atoms with Crippen LogP contribution in [0.2, 0.25) is 0 Å². The first kappa shape index (κ1) is 19.8. The van der Waals surface area contributed by atoms with E-state index in [1.54, 1.807) is 0 Å². The van der Waals surface area contributed by atoms with Crippen molar-refractivity contribution < 1.29 is 4.79 Å². The van der Waals surface area contributed by atoms with Crippen molar-refractivity contribution >= 4 is 33.1 Å². The van der Waals surface area contributed by atoms with E-state index < -0.39 is 0 Å². The molecule has 0 aliphatic carbocycles. The van der Waals surface area contributed by atoms with Gasteiger partial charge in [-0.25, -0.2) is 4.98 Å². The number of pyridine rings is 1. The summed E-state index contributed by atoms with van der Waals surface area (Å²) in [6.07, 6.45) is 0.774. The summed E-state index contributed by atoms with van der Waals surface area (Å²) in [4.78, 5) is 18.4. The quantitative estimate of drug-likeness (QED) is 0.520. The zero-order valence-corrected chi connectivity index (χ0v) is 17.7. The Hall–Kier alpha value is -2.48. The number of anilines is 1. The molecule has 1 fully saturated rings. The average molecular weight is 410 g/mol. The van der Waals surface area contributed by atoms with Gasteiger partial charge < -0.3 is 21.7 Å². The van der Waals surface area contributed by atoms with Crippen LogP contribution >= 0.6 is 11.3 Å². The number of nitrogen functional groups attached to an aromatic ring is 1. The van der Waals surface area contributed by atoms with Crippen LogP contribution in [0.4, 0.5) is 5.69 Å². The van der Waals surface area contributed by atoms with Crippen LogP contribution in [0.3, 0.4) is 0 Å². The topological polar surface area (TPSA) is 92.1 Å². The molecule has 0 bridgehead atoms. The van der Waals surface area contributed by atoms with E-state index in [-0.39, 0.29) is 11.4 Å². The smallest absolute Gasteiger partial charge is 0.263 e. The second-order valence-electron chi connectivity index (χ2n) is 7.79. The number of nitrogens with zero attached hydrogens (tertiary/aromatic N) is 1. The van der Waals surface area contributed by atoms with Gasteiger partial charge in [-0.15, -0.1) is 11.3 Å². The zero-order valence-electron chi connectivity index (χ0n) is 16.8. The highest BCUT2D eigenvalue weighted by molar-refractivity contribution is 7.21. The Morgan fingerprint density at radius 1 is 1.24 bits per heavy atom. The summed E-state index contributed by atoms with van der Waals surface area (Å²) in [5, 5.41) is 10.9. The third-order valence-electron chi connectivity index (χ3n) is 5.53. The van der Waals surface area contributed by atoms with Crippen LogP contribution in [0.1, 0.15) is 33.4 Å². The summed E-state index contributed by atoms with van der Waals surface area (Å²) in [5.41, 5.74) is 10.0. The Bertz CT molecular complexity index is 1020. The number of piperazine rings is 1. The molecule has 0 radical (unpaired) electrons. The standard InChI is InChI=1S/C22H27N5OS/c1-14-3-8-17-18(23)19(29-21(17)27-14)20(28)25-10-9-15-4-6-16(7-5-15)22(2)13-24-11-12-26-22/h3-8,24,26H,9-13,23H2,1-2H3,(H,25,28). The SMILES string of the molecule is Cc1ccc2c(N)c(C(=O)NCCc3ccc(C4(C)CNCCN4)cc3)sc2n1. The molecule has 7 heteroatoms. The number of benzene rings is 1. The fraction of sp³-hybridized carbons (Fsp3) is 0.364. The van der Waals surface area contributed by atoms with E-state index in [2.05, 4.69) is 52.1 Å². The third-order valence-corrected chi connectivity index (χ3v) is 6.64. The molecule has 2 aromatic heterocycles. The number of hydrogen-bond acceptors (Lipinski definition) is 6. The van der Waals surface area contributed by atoms with Gasteiger partial charge in [0.2, 0.25) is 0 Å². The van der Waals surface area contributed by atoms with Gasteiger partial charge in [0.05, 0.1) is 11.2 Å². The highest BCUT2D eigenvalue weighted by Crippen LogP contribution is 2.32. The van der Waals surface area contributed by atoms with Gasteiger partial charge in [-0.3, -0.25) is 4.79 Å². The molecule has 152 valence electrons. The lowest BCUT2D eigenvalue weighted by molar-refractivity contribution is 0.0959. The van der Waals surface area contributed by atoms with Gasteiger partial charge in [0.25, 0.3) is 5.91 Å². The van der Waals surface area contributed by atoms with Crippen molar-refractivity contribution in [3.63, 3.8) is 0 Å². The summed E-state index contributed by atoms with van der Waals surface area (Å²) in [6, 6.07) is 12.5. The highest BCUT2D eigenvalue weighted by atomic mass is 32.1. The Labute approximate surface area is 174 Å². The second kappa shape index (κ2) is 8.10. The van der Waals surface area contributed by atoms with Crippen LogP contribution in [-0.2, 0) is 12.0 Å². The number of carbonyl (C=O) groups excluding carboxylic acids is 1. The Morgan fingerprint density at radius 2 is 2.03 bits per heavy atom. The molecule has 3 aromatic rings.